The van der Waals surface area contributed by atoms with Gasteiger partial charge in [-0.25, -0.2) is 0 Å². The first kappa shape index (κ1) is 17.7. The fourth-order valence-corrected chi connectivity index (χ4v) is 2.56. The van der Waals surface area contributed by atoms with E-state index in [9.17, 15) is 0 Å². The molecule has 0 bridgehead atoms. The Hall–Kier alpha value is -1.65. The lowest BCUT2D eigenvalue weighted by Crippen LogP contribution is -2.44. The van der Waals surface area contributed by atoms with Crippen LogP contribution in [-0.2, 0) is 10.8 Å². The average Bonchev–Trinajstić information content (AvgIpc) is 2.34. The zero-order valence-electron chi connectivity index (χ0n) is 15.9. The first-order valence-corrected chi connectivity index (χ1v) is 8.21. The molecule has 0 fully saturated rings. The predicted octanol–water partition coefficient (Wildman–Crippen LogP) is 3.46. The highest BCUT2D eigenvalue weighted by Crippen LogP contribution is 2.22. The number of pyridine rings is 1. The third kappa shape index (κ3) is 3.82. The van der Waals surface area contributed by atoms with Crippen molar-refractivity contribution in [1.82, 2.24) is 4.98 Å². The Kier molecular flexibility index (Phi) is 4.20. The van der Waals surface area contributed by atoms with E-state index in [-0.39, 0.29) is 17.0 Å². The molecule has 1 aliphatic rings. The van der Waals surface area contributed by atoms with Gasteiger partial charge in [0, 0.05) is 17.2 Å². The molecule has 1 aliphatic heterocycles. The smallest absolute Gasteiger partial charge is 0.165 e. The van der Waals surface area contributed by atoms with Crippen LogP contribution in [0, 0.1) is 0 Å². The van der Waals surface area contributed by atoms with Gasteiger partial charge < -0.3 is 0 Å². The molecule has 5 nitrogen and oxygen atoms in total. The summed E-state index contributed by atoms with van der Waals surface area (Å²) in [4.78, 5) is 14.5. The van der Waals surface area contributed by atoms with Crippen LogP contribution in [0.5, 0.6) is 0 Å². The third-order valence-electron chi connectivity index (χ3n) is 3.72. The standard InChI is InChI=1S/C18H29N5/c1-11-20-13-12(16(2,3)4)10-19-15(17(5,6)7)14(13)21-18(8,9)23-22-11/h10-11H,1-9H3/b20-13-,21-14+,23-22-. The van der Waals surface area contributed by atoms with Crippen molar-refractivity contribution in [3.63, 3.8) is 0 Å². The molecule has 1 atom stereocenters. The van der Waals surface area contributed by atoms with Crippen LogP contribution in [0.1, 0.15) is 73.6 Å². The highest BCUT2D eigenvalue weighted by molar-refractivity contribution is 5.24. The zero-order valence-corrected chi connectivity index (χ0v) is 15.9. The van der Waals surface area contributed by atoms with Crippen molar-refractivity contribution in [1.29, 1.82) is 0 Å². The minimum atomic E-state index is -0.614. The van der Waals surface area contributed by atoms with Crippen molar-refractivity contribution in [2.24, 2.45) is 20.2 Å². The van der Waals surface area contributed by atoms with Crippen molar-refractivity contribution < 1.29 is 0 Å². The fourth-order valence-electron chi connectivity index (χ4n) is 2.56. The Balaban J connectivity index is 3.04. The molecule has 0 aliphatic carbocycles. The van der Waals surface area contributed by atoms with Gasteiger partial charge >= 0.3 is 0 Å². The summed E-state index contributed by atoms with van der Waals surface area (Å²) in [6, 6.07) is 0. The Morgan fingerprint density at radius 1 is 0.957 bits per heavy atom. The van der Waals surface area contributed by atoms with E-state index < -0.39 is 5.66 Å². The van der Waals surface area contributed by atoms with Crippen molar-refractivity contribution in [3.05, 3.63) is 28.2 Å². The lowest BCUT2D eigenvalue weighted by atomic mass is 9.85. The summed E-state index contributed by atoms with van der Waals surface area (Å²) in [5, 5.41) is 10.4. The topological polar surface area (TPSA) is 62.3 Å². The monoisotopic (exact) mass is 315 g/mol. The second-order valence-electron chi connectivity index (χ2n) is 8.80. The second kappa shape index (κ2) is 5.46. The molecule has 0 spiro atoms. The van der Waals surface area contributed by atoms with E-state index in [0.717, 1.165) is 22.0 Å². The average molecular weight is 315 g/mol. The van der Waals surface area contributed by atoms with Crippen LogP contribution in [0.25, 0.3) is 0 Å². The lowest BCUT2D eigenvalue weighted by Gasteiger charge is -2.25. The van der Waals surface area contributed by atoms with E-state index in [1.807, 2.05) is 27.0 Å². The highest BCUT2D eigenvalue weighted by Gasteiger charge is 2.27. The molecule has 126 valence electrons. The molecule has 1 unspecified atom stereocenters. The van der Waals surface area contributed by atoms with E-state index in [1.54, 1.807) is 0 Å². The van der Waals surface area contributed by atoms with E-state index in [0.29, 0.717) is 0 Å². The minimum Gasteiger partial charge on any atom is -0.258 e. The molecule has 0 saturated heterocycles. The quantitative estimate of drug-likeness (QED) is 0.723. The number of hydrogen-bond donors (Lipinski definition) is 0. The van der Waals surface area contributed by atoms with E-state index >= 15 is 0 Å². The van der Waals surface area contributed by atoms with Crippen molar-refractivity contribution in [2.45, 2.75) is 85.0 Å². The SMILES string of the molecule is CC1/N=N\C(C)(C)/N=c2/c(C(C)(C)C)ncc(C(C)(C)C)/c2=N/1. The molecule has 5 heteroatoms. The zero-order chi connectivity index (χ0) is 17.6. The summed E-state index contributed by atoms with van der Waals surface area (Å²) in [6.07, 6.45) is 1.73. The highest BCUT2D eigenvalue weighted by atomic mass is 15.3. The van der Waals surface area contributed by atoms with Crippen LogP contribution >= 0.6 is 0 Å². The summed E-state index contributed by atoms with van der Waals surface area (Å²) in [6.45, 7) is 18.9. The minimum absolute atomic E-state index is 0.0628. The lowest BCUT2D eigenvalue weighted by molar-refractivity contribution is 0.461. The first-order valence-electron chi connectivity index (χ1n) is 8.21. The second-order valence-corrected chi connectivity index (χ2v) is 8.80. The van der Waals surface area contributed by atoms with Crippen LogP contribution in [0.15, 0.2) is 26.4 Å². The Bertz CT molecular complexity index is 745. The van der Waals surface area contributed by atoms with Gasteiger partial charge in [-0.1, -0.05) is 41.5 Å². The van der Waals surface area contributed by atoms with Gasteiger partial charge in [-0.15, -0.1) is 0 Å². The molecule has 0 radical (unpaired) electrons. The Morgan fingerprint density at radius 3 is 2.09 bits per heavy atom. The molecule has 2 heterocycles. The predicted molar refractivity (Wildman–Crippen MR) is 92.3 cm³/mol. The third-order valence-corrected chi connectivity index (χ3v) is 3.72. The van der Waals surface area contributed by atoms with Crippen molar-refractivity contribution in [2.75, 3.05) is 0 Å². The first-order chi connectivity index (χ1) is 10.3. The number of fused-ring (bicyclic) bond motifs is 1. The summed E-state index contributed by atoms with van der Waals surface area (Å²) < 4.78 is 0. The molecule has 0 saturated carbocycles. The van der Waals surface area contributed by atoms with Crippen LogP contribution in [0.3, 0.4) is 0 Å². The maximum atomic E-state index is 4.89. The number of azo groups is 1. The van der Waals surface area contributed by atoms with Gasteiger partial charge in [0.15, 0.2) is 11.8 Å². The van der Waals surface area contributed by atoms with E-state index in [1.165, 1.54) is 0 Å². The van der Waals surface area contributed by atoms with Crippen LogP contribution < -0.4 is 10.7 Å². The van der Waals surface area contributed by atoms with Crippen LogP contribution in [0.4, 0.5) is 0 Å². The van der Waals surface area contributed by atoms with Gasteiger partial charge in [-0.2, -0.15) is 10.2 Å². The summed E-state index contributed by atoms with van der Waals surface area (Å²) in [7, 11) is 0. The van der Waals surface area contributed by atoms with Gasteiger partial charge in [0.05, 0.1) is 11.1 Å². The van der Waals surface area contributed by atoms with Gasteiger partial charge in [0.25, 0.3) is 0 Å². The maximum absolute atomic E-state index is 4.89. The van der Waals surface area contributed by atoms with Gasteiger partial charge in [-0.3, -0.25) is 15.0 Å². The summed E-state index contributed by atoms with van der Waals surface area (Å²) in [5.74, 6) is 0. The van der Waals surface area contributed by atoms with Gasteiger partial charge in [-0.05, 0) is 26.2 Å². The van der Waals surface area contributed by atoms with Crippen LogP contribution in [0.2, 0.25) is 0 Å². The molecular formula is C18H29N5. The normalized spacial score (nSPS) is 25.2. The Morgan fingerprint density at radius 2 is 1.57 bits per heavy atom. The fraction of sp³-hybridized carbons (Fsp3) is 0.722. The maximum Gasteiger partial charge on any atom is 0.165 e. The van der Waals surface area contributed by atoms with Crippen LogP contribution in [-0.4, -0.2) is 16.8 Å². The molecule has 23 heavy (non-hydrogen) atoms. The molecule has 1 aromatic rings. The van der Waals surface area contributed by atoms with Gasteiger partial charge in [0.1, 0.15) is 5.36 Å². The number of rotatable bonds is 0. The number of aromatic nitrogens is 1. The van der Waals surface area contributed by atoms with E-state index in [2.05, 4.69) is 51.8 Å². The molecule has 1 aromatic heterocycles. The molecule has 0 amide bonds. The largest absolute Gasteiger partial charge is 0.258 e. The van der Waals surface area contributed by atoms with E-state index in [4.69, 9.17) is 15.0 Å². The van der Waals surface area contributed by atoms with Gasteiger partial charge in [0.2, 0.25) is 0 Å². The molecule has 0 N–H and O–H groups in total. The molecule has 2 rings (SSSR count). The van der Waals surface area contributed by atoms with Crippen molar-refractivity contribution >= 4 is 0 Å². The number of nitrogens with zero attached hydrogens (tertiary/aromatic N) is 5. The summed E-state index contributed by atoms with van der Waals surface area (Å²) in [5.41, 5.74) is 1.27. The molecule has 0 aromatic carbocycles. The summed E-state index contributed by atoms with van der Waals surface area (Å²) >= 11 is 0. The number of hydrogen-bond acceptors (Lipinski definition) is 5. The molecular weight excluding hydrogens is 286 g/mol. The van der Waals surface area contributed by atoms with Crippen molar-refractivity contribution in [3.8, 4) is 0 Å². The Labute approximate surface area is 139 Å².